The van der Waals surface area contributed by atoms with Crippen molar-refractivity contribution in [2.75, 3.05) is 13.0 Å². The topological polar surface area (TPSA) is 29.5 Å². The minimum Gasteiger partial charge on any atom is -0.503 e. The van der Waals surface area contributed by atoms with Crippen LogP contribution in [0, 0.1) is 11.8 Å². The number of hydrogen-bond donors (Lipinski definition) is 1. The van der Waals surface area contributed by atoms with Gasteiger partial charge in [0.05, 0.1) is 12.7 Å². The fourth-order valence-corrected chi connectivity index (χ4v) is 1.09. The summed E-state index contributed by atoms with van der Waals surface area (Å²) in [5.41, 5.74) is 0.564. The third kappa shape index (κ3) is 2.58. The van der Waals surface area contributed by atoms with Crippen molar-refractivity contribution in [3.8, 4) is 23.3 Å². The minimum atomic E-state index is 0.0806. The second-order valence-electron chi connectivity index (χ2n) is 2.60. The predicted molar refractivity (Wildman–Crippen MR) is 56.9 cm³/mol. The van der Waals surface area contributed by atoms with E-state index in [2.05, 4.69) is 11.8 Å². The summed E-state index contributed by atoms with van der Waals surface area (Å²) < 4.78 is 4.95. The van der Waals surface area contributed by atoms with Crippen LogP contribution in [0.1, 0.15) is 12.0 Å². The van der Waals surface area contributed by atoms with E-state index < -0.39 is 0 Å². The Bertz CT molecular complexity index is 363. The van der Waals surface area contributed by atoms with Crippen LogP contribution in [-0.2, 0) is 0 Å². The normalized spacial score (nSPS) is 9.00. The first-order chi connectivity index (χ1) is 6.79. The molecular formula is C11H11ClO2. The second kappa shape index (κ2) is 5.41. The lowest BCUT2D eigenvalue weighted by atomic mass is 10.2. The van der Waals surface area contributed by atoms with Gasteiger partial charge < -0.3 is 9.84 Å². The van der Waals surface area contributed by atoms with E-state index in [0.717, 1.165) is 0 Å². The van der Waals surface area contributed by atoms with Crippen molar-refractivity contribution >= 4 is 11.6 Å². The molecule has 0 aliphatic rings. The summed E-state index contributed by atoms with van der Waals surface area (Å²) in [6, 6.07) is 5.20. The monoisotopic (exact) mass is 210 g/mol. The van der Waals surface area contributed by atoms with Gasteiger partial charge in [0.15, 0.2) is 11.5 Å². The first-order valence-electron chi connectivity index (χ1n) is 4.20. The zero-order valence-corrected chi connectivity index (χ0v) is 8.64. The number of rotatable bonds is 2. The van der Waals surface area contributed by atoms with Gasteiger partial charge in [-0.25, -0.2) is 0 Å². The lowest BCUT2D eigenvalue weighted by Crippen LogP contribution is -1.85. The SMILES string of the molecule is COc1cccc(C#CCCCl)c1O. The van der Waals surface area contributed by atoms with E-state index >= 15 is 0 Å². The maximum absolute atomic E-state index is 9.63. The smallest absolute Gasteiger partial charge is 0.173 e. The molecule has 0 radical (unpaired) electrons. The Balaban J connectivity index is 2.94. The molecule has 74 valence electrons. The highest BCUT2D eigenvalue weighted by molar-refractivity contribution is 6.18. The molecule has 0 spiro atoms. The van der Waals surface area contributed by atoms with Crippen LogP contribution < -0.4 is 4.74 Å². The van der Waals surface area contributed by atoms with Crippen molar-refractivity contribution in [1.82, 2.24) is 0 Å². The molecule has 1 rings (SSSR count). The van der Waals surface area contributed by atoms with Crippen LogP contribution in [0.15, 0.2) is 18.2 Å². The van der Waals surface area contributed by atoms with E-state index in [0.29, 0.717) is 23.6 Å². The molecule has 0 saturated heterocycles. The molecule has 0 bridgehead atoms. The number of para-hydroxylation sites is 1. The van der Waals surface area contributed by atoms with E-state index in [1.54, 1.807) is 18.2 Å². The number of halogens is 1. The molecule has 1 N–H and O–H groups in total. The Morgan fingerprint density at radius 2 is 2.29 bits per heavy atom. The highest BCUT2D eigenvalue weighted by Crippen LogP contribution is 2.28. The Kier molecular flexibility index (Phi) is 4.15. The van der Waals surface area contributed by atoms with E-state index in [9.17, 15) is 5.11 Å². The molecule has 0 heterocycles. The van der Waals surface area contributed by atoms with Gasteiger partial charge in [-0.15, -0.1) is 11.6 Å². The first-order valence-corrected chi connectivity index (χ1v) is 4.74. The van der Waals surface area contributed by atoms with Crippen molar-refractivity contribution in [3.63, 3.8) is 0 Å². The Morgan fingerprint density at radius 3 is 2.93 bits per heavy atom. The van der Waals surface area contributed by atoms with Gasteiger partial charge in [0.1, 0.15) is 0 Å². The summed E-state index contributed by atoms with van der Waals surface area (Å²) in [7, 11) is 1.50. The molecule has 0 aliphatic carbocycles. The summed E-state index contributed by atoms with van der Waals surface area (Å²) in [6.45, 7) is 0. The molecule has 0 amide bonds. The zero-order valence-electron chi connectivity index (χ0n) is 7.88. The Morgan fingerprint density at radius 1 is 1.50 bits per heavy atom. The second-order valence-corrected chi connectivity index (χ2v) is 2.98. The van der Waals surface area contributed by atoms with Crippen LogP contribution in [0.25, 0.3) is 0 Å². The standard InChI is InChI=1S/C11H11ClO2/c1-14-10-7-4-6-9(11(10)13)5-2-3-8-12/h4,6-7,13H,3,8H2,1H3. The molecule has 0 atom stereocenters. The minimum absolute atomic E-state index is 0.0806. The van der Waals surface area contributed by atoms with Gasteiger partial charge in [0.2, 0.25) is 0 Å². The molecule has 2 nitrogen and oxygen atoms in total. The third-order valence-electron chi connectivity index (χ3n) is 1.66. The molecule has 1 aromatic carbocycles. The van der Waals surface area contributed by atoms with Gasteiger partial charge in [-0.1, -0.05) is 17.9 Å². The van der Waals surface area contributed by atoms with Crippen molar-refractivity contribution < 1.29 is 9.84 Å². The van der Waals surface area contributed by atoms with Crippen LogP contribution >= 0.6 is 11.6 Å². The fourth-order valence-electron chi connectivity index (χ4n) is 0.993. The van der Waals surface area contributed by atoms with Crippen molar-refractivity contribution in [3.05, 3.63) is 23.8 Å². The van der Waals surface area contributed by atoms with E-state index in [1.165, 1.54) is 7.11 Å². The van der Waals surface area contributed by atoms with Gasteiger partial charge in [0, 0.05) is 12.3 Å². The van der Waals surface area contributed by atoms with Crippen LogP contribution in [0.5, 0.6) is 11.5 Å². The van der Waals surface area contributed by atoms with Crippen LogP contribution in [-0.4, -0.2) is 18.1 Å². The molecule has 14 heavy (non-hydrogen) atoms. The Labute approximate surface area is 88.5 Å². The van der Waals surface area contributed by atoms with Crippen LogP contribution in [0.4, 0.5) is 0 Å². The fraction of sp³-hybridized carbons (Fsp3) is 0.273. The van der Waals surface area contributed by atoms with Crippen molar-refractivity contribution in [1.29, 1.82) is 0 Å². The number of aromatic hydroxyl groups is 1. The molecule has 0 unspecified atom stereocenters. The third-order valence-corrected chi connectivity index (χ3v) is 1.85. The first kappa shape index (κ1) is 10.7. The summed E-state index contributed by atoms with van der Waals surface area (Å²) >= 11 is 5.48. The molecule has 1 aromatic rings. The largest absolute Gasteiger partial charge is 0.503 e. The van der Waals surface area contributed by atoms with Gasteiger partial charge in [-0.2, -0.15) is 0 Å². The average molecular weight is 211 g/mol. The maximum Gasteiger partial charge on any atom is 0.173 e. The summed E-state index contributed by atoms with van der Waals surface area (Å²) in [6.07, 6.45) is 0.609. The van der Waals surface area contributed by atoms with Crippen LogP contribution in [0.3, 0.4) is 0 Å². The number of phenolic OH excluding ortho intramolecular Hbond substituents is 1. The molecule has 0 aliphatic heterocycles. The van der Waals surface area contributed by atoms with Crippen molar-refractivity contribution in [2.45, 2.75) is 6.42 Å². The quantitative estimate of drug-likeness (QED) is 0.600. The number of phenols is 1. The van der Waals surface area contributed by atoms with Gasteiger partial charge >= 0.3 is 0 Å². The van der Waals surface area contributed by atoms with Gasteiger partial charge in [-0.3, -0.25) is 0 Å². The van der Waals surface area contributed by atoms with Gasteiger partial charge in [-0.05, 0) is 12.1 Å². The van der Waals surface area contributed by atoms with E-state index in [1.807, 2.05) is 0 Å². The molecule has 3 heteroatoms. The molecule has 0 saturated carbocycles. The molecule has 0 aromatic heterocycles. The summed E-state index contributed by atoms with van der Waals surface area (Å²) in [5.74, 6) is 6.68. The zero-order chi connectivity index (χ0) is 10.4. The summed E-state index contributed by atoms with van der Waals surface area (Å²) in [5, 5.41) is 9.63. The average Bonchev–Trinajstić information content (AvgIpc) is 2.21. The number of ether oxygens (including phenoxy) is 1. The lowest BCUT2D eigenvalue weighted by Gasteiger charge is -2.03. The van der Waals surface area contributed by atoms with Gasteiger partial charge in [0.25, 0.3) is 0 Å². The maximum atomic E-state index is 9.63. The highest BCUT2D eigenvalue weighted by Gasteiger charge is 2.03. The Hall–Kier alpha value is -1.33. The number of alkyl halides is 1. The number of methoxy groups -OCH3 is 1. The predicted octanol–water partition coefficient (Wildman–Crippen LogP) is 2.38. The number of hydrogen-bond acceptors (Lipinski definition) is 2. The lowest BCUT2D eigenvalue weighted by molar-refractivity contribution is 0.373. The van der Waals surface area contributed by atoms with Crippen LogP contribution in [0.2, 0.25) is 0 Å². The van der Waals surface area contributed by atoms with E-state index in [-0.39, 0.29) is 5.75 Å². The van der Waals surface area contributed by atoms with E-state index in [4.69, 9.17) is 16.3 Å². The summed E-state index contributed by atoms with van der Waals surface area (Å²) in [4.78, 5) is 0. The molecule has 0 fully saturated rings. The number of benzene rings is 1. The van der Waals surface area contributed by atoms with Crippen molar-refractivity contribution in [2.24, 2.45) is 0 Å². The highest BCUT2D eigenvalue weighted by atomic mass is 35.5. The molecular weight excluding hydrogens is 200 g/mol.